The van der Waals surface area contributed by atoms with Gasteiger partial charge in [-0.25, -0.2) is 12.8 Å². The molecule has 0 aliphatic heterocycles. The van der Waals surface area contributed by atoms with Crippen LogP contribution in [0.5, 0.6) is 5.75 Å². The van der Waals surface area contributed by atoms with Crippen LogP contribution in [-0.4, -0.2) is 58.1 Å². The van der Waals surface area contributed by atoms with Crippen molar-refractivity contribution in [2.45, 2.75) is 31.8 Å². The SMILES string of the molecule is CNC(=O)C(Cc1ccccc1)N(Cc1cccc(OC)c1)C(=O)CCCN(c1ccc(F)cc1)S(C)(=O)=O. The van der Waals surface area contributed by atoms with Crippen LogP contribution in [0.3, 0.4) is 0 Å². The van der Waals surface area contributed by atoms with E-state index in [1.807, 2.05) is 48.5 Å². The van der Waals surface area contributed by atoms with Crippen LogP contribution in [0.15, 0.2) is 78.9 Å². The molecule has 0 aliphatic carbocycles. The van der Waals surface area contributed by atoms with Crippen molar-refractivity contribution in [3.63, 3.8) is 0 Å². The first-order valence-corrected chi connectivity index (χ1v) is 14.4. The molecule has 39 heavy (non-hydrogen) atoms. The Labute approximate surface area is 229 Å². The van der Waals surface area contributed by atoms with Crippen molar-refractivity contribution in [3.05, 3.63) is 95.8 Å². The molecule has 0 radical (unpaired) electrons. The van der Waals surface area contributed by atoms with Gasteiger partial charge in [0.25, 0.3) is 0 Å². The molecule has 3 rings (SSSR count). The van der Waals surface area contributed by atoms with Gasteiger partial charge in [-0.3, -0.25) is 13.9 Å². The summed E-state index contributed by atoms with van der Waals surface area (Å²) in [6.45, 7) is 0.182. The van der Waals surface area contributed by atoms with Gasteiger partial charge >= 0.3 is 0 Å². The Kier molecular flexibility index (Phi) is 10.4. The number of amides is 2. The minimum atomic E-state index is -3.67. The Morgan fingerprint density at radius 2 is 1.64 bits per heavy atom. The molecule has 1 unspecified atom stereocenters. The molecule has 3 aromatic carbocycles. The van der Waals surface area contributed by atoms with E-state index in [0.29, 0.717) is 17.9 Å². The predicted molar refractivity (Wildman–Crippen MR) is 149 cm³/mol. The predicted octanol–water partition coefficient (Wildman–Crippen LogP) is 3.77. The van der Waals surface area contributed by atoms with Crippen molar-refractivity contribution >= 4 is 27.5 Å². The summed E-state index contributed by atoms with van der Waals surface area (Å²) in [6.07, 6.45) is 1.57. The van der Waals surface area contributed by atoms with E-state index >= 15 is 0 Å². The summed E-state index contributed by atoms with van der Waals surface area (Å²) < 4.78 is 44.7. The van der Waals surface area contributed by atoms with E-state index < -0.39 is 21.9 Å². The van der Waals surface area contributed by atoms with Gasteiger partial charge in [-0.1, -0.05) is 42.5 Å². The van der Waals surface area contributed by atoms with Gasteiger partial charge in [0, 0.05) is 33.0 Å². The lowest BCUT2D eigenvalue weighted by Crippen LogP contribution is -2.49. The monoisotopic (exact) mass is 555 g/mol. The zero-order valence-electron chi connectivity index (χ0n) is 22.3. The largest absolute Gasteiger partial charge is 0.497 e. The lowest BCUT2D eigenvalue weighted by atomic mass is 10.0. The second-order valence-corrected chi connectivity index (χ2v) is 11.0. The van der Waals surface area contributed by atoms with Gasteiger partial charge < -0.3 is 15.0 Å². The molecular weight excluding hydrogens is 521 g/mol. The highest BCUT2D eigenvalue weighted by molar-refractivity contribution is 7.92. The van der Waals surface area contributed by atoms with E-state index in [-0.39, 0.29) is 37.7 Å². The average Bonchev–Trinajstić information content (AvgIpc) is 2.93. The van der Waals surface area contributed by atoms with E-state index in [1.54, 1.807) is 13.2 Å². The van der Waals surface area contributed by atoms with Crippen LogP contribution in [0.1, 0.15) is 24.0 Å². The minimum absolute atomic E-state index is 0.000529. The second-order valence-electron chi connectivity index (χ2n) is 9.11. The molecule has 0 aliphatic rings. The minimum Gasteiger partial charge on any atom is -0.497 e. The fourth-order valence-corrected chi connectivity index (χ4v) is 5.26. The number of hydrogen-bond donors (Lipinski definition) is 1. The number of benzene rings is 3. The first kappa shape index (κ1) is 29.6. The molecule has 1 N–H and O–H groups in total. The lowest BCUT2D eigenvalue weighted by molar-refractivity contribution is -0.141. The fourth-order valence-electron chi connectivity index (χ4n) is 4.30. The highest BCUT2D eigenvalue weighted by atomic mass is 32.2. The Bertz CT molecular complexity index is 1350. The molecule has 3 aromatic rings. The number of carbonyl (C=O) groups excluding carboxylic acids is 2. The maximum absolute atomic E-state index is 13.7. The highest BCUT2D eigenvalue weighted by Crippen LogP contribution is 2.21. The molecule has 0 saturated heterocycles. The molecule has 0 spiro atoms. The van der Waals surface area contributed by atoms with Gasteiger partial charge in [0.15, 0.2) is 0 Å². The zero-order valence-corrected chi connectivity index (χ0v) is 23.2. The van der Waals surface area contributed by atoms with Crippen LogP contribution in [0.25, 0.3) is 0 Å². The molecule has 0 saturated carbocycles. The van der Waals surface area contributed by atoms with Gasteiger partial charge in [0.1, 0.15) is 17.6 Å². The molecule has 1 atom stereocenters. The molecule has 0 bridgehead atoms. The number of likely N-dealkylation sites (N-methyl/N-ethyl adjacent to an activating group) is 1. The average molecular weight is 556 g/mol. The van der Waals surface area contributed by atoms with Gasteiger partial charge in [-0.05, 0) is 53.9 Å². The van der Waals surface area contributed by atoms with E-state index in [2.05, 4.69) is 5.32 Å². The van der Waals surface area contributed by atoms with E-state index in [1.165, 1.54) is 36.2 Å². The number of halogens is 1. The summed E-state index contributed by atoms with van der Waals surface area (Å²) in [6, 6.07) is 21.1. The van der Waals surface area contributed by atoms with Crippen molar-refractivity contribution in [3.8, 4) is 5.75 Å². The summed E-state index contributed by atoms with van der Waals surface area (Å²) >= 11 is 0. The number of anilines is 1. The Hall–Kier alpha value is -3.92. The molecule has 10 heteroatoms. The normalized spacial score (nSPS) is 11.9. The molecule has 208 valence electrons. The summed E-state index contributed by atoms with van der Waals surface area (Å²) in [4.78, 5) is 28.2. The number of methoxy groups -OCH3 is 1. The number of carbonyl (C=O) groups is 2. The first-order chi connectivity index (χ1) is 18.6. The van der Waals surface area contributed by atoms with Gasteiger partial charge in [0.05, 0.1) is 19.1 Å². The fraction of sp³-hybridized carbons (Fsp3) is 0.310. The number of sulfonamides is 1. The smallest absolute Gasteiger partial charge is 0.242 e. The third-order valence-corrected chi connectivity index (χ3v) is 7.47. The van der Waals surface area contributed by atoms with Crippen molar-refractivity contribution in [2.24, 2.45) is 0 Å². The Morgan fingerprint density at radius 1 is 0.974 bits per heavy atom. The molecule has 8 nitrogen and oxygen atoms in total. The number of rotatable bonds is 13. The van der Waals surface area contributed by atoms with Crippen LogP contribution in [-0.2, 0) is 32.6 Å². The second kappa shape index (κ2) is 13.7. The summed E-state index contributed by atoms with van der Waals surface area (Å²) in [5.41, 5.74) is 2.00. The molecule has 2 amide bonds. The van der Waals surface area contributed by atoms with Crippen LogP contribution in [0.2, 0.25) is 0 Å². The van der Waals surface area contributed by atoms with Gasteiger partial charge in [0.2, 0.25) is 21.8 Å². The van der Waals surface area contributed by atoms with Crippen molar-refractivity contribution in [1.82, 2.24) is 10.2 Å². The Balaban J connectivity index is 1.85. The zero-order chi connectivity index (χ0) is 28.4. The van der Waals surface area contributed by atoms with Gasteiger partial charge in [-0.2, -0.15) is 0 Å². The quantitative estimate of drug-likeness (QED) is 0.347. The molecule has 0 aromatic heterocycles. The molecule has 0 heterocycles. The van der Waals surface area contributed by atoms with Crippen LogP contribution in [0.4, 0.5) is 10.1 Å². The summed E-state index contributed by atoms with van der Waals surface area (Å²) in [5, 5.41) is 2.67. The maximum atomic E-state index is 13.7. The number of ether oxygens (including phenoxy) is 1. The van der Waals surface area contributed by atoms with Crippen LogP contribution < -0.4 is 14.4 Å². The van der Waals surface area contributed by atoms with Crippen LogP contribution in [0, 0.1) is 5.82 Å². The van der Waals surface area contributed by atoms with Crippen LogP contribution >= 0.6 is 0 Å². The highest BCUT2D eigenvalue weighted by Gasteiger charge is 2.30. The number of nitrogens with one attached hydrogen (secondary N) is 1. The van der Waals surface area contributed by atoms with Crippen molar-refractivity contribution in [1.29, 1.82) is 0 Å². The third kappa shape index (κ3) is 8.54. The van der Waals surface area contributed by atoms with Crippen molar-refractivity contribution < 1.29 is 27.1 Å². The maximum Gasteiger partial charge on any atom is 0.242 e. The molecular formula is C29H34FN3O5S. The van der Waals surface area contributed by atoms with E-state index in [0.717, 1.165) is 21.7 Å². The first-order valence-electron chi connectivity index (χ1n) is 12.5. The van der Waals surface area contributed by atoms with E-state index in [4.69, 9.17) is 4.74 Å². The van der Waals surface area contributed by atoms with Crippen molar-refractivity contribution in [2.75, 3.05) is 31.3 Å². The Morgan fingerprint density at radius 3 is 2.26 bits per heavy atom. The topological polar surface area (TPSA) is 96.0 Å². The number of hydrogen-bond acceptors (Lipinski definition) is 5. The summed E-state index contributed by atoms with van der Waals surface area (Å²) in [7, 11) is -0.588. The summed E-state index contributed by atoms with van der Waals surface area (Å²) in [5.74, 6) is -0.453. The third-order valence-electron chi connectivity index (χ3n) is 6.27. The standard InChI is InChI=1S/C29H34FN3O5S/c1-31-29(35)27(20-22-9-5-4-6-10-22)32(21-23-11-7-12-26(19-23)38-2)28(34)13-8-18-33(39(3,36)37)25-16-14-24(30)15-17-25/h4-7,9-12,14-17,19,27H,8,13,18,20-21H2,1-3H3,(H,31,35). The van der Waals surface area contributed by atoms with Gasteiger partial charge in [-0.15, -0.1) is 0 Å². The number of nitrogens with zero attached hydrogens (tertiary/aromatic N) is 2. The molecule has 0 fully saturated rings. The lowest BCUT2D eigenvalue weighted by Gasteiger charge is -2.31. The van der Waals surface area contributed by atoms with E-state index in [9.17, 15) is 22.4 Å².